The van der Waals surface area contributed by atoms with Crippen LogP contribution in [0.1, 0.15) is 41.9 Å². The van der Waals surface area contributed by atoms with E-state index < -0.39 is 11.5 Å². The Labute approximate surface area is 99.0 Å². The molecule has 1 rings (SSSR count). The lowest BCUT2D eigenvalue weighted by Gasteiger charge is -2.11. The molecule has 5 heteroatoms. The molecule has 1 unspecified atom stereocenters. The summed E-state index contributed by atoms with van der Waals surface area (Å²) in [5, 5.41) is 8.85. The van der Waals surface area contributed by atoms with Crippen molar-refractivity contribution in [1.82, 2.24) is 4.98 Å². The fraction of sp³-hybridized carbons (Fsp3) is 0.417. The summed E-state index contributed by atoms with van der Waals surface area (Å²) in [5.41, 5.74) is -0.230. The number of esters is 1. The largest absolute Gasteiger partial charge is 0.459 e. The molecule has 0 fully saturated rings. The van der Waals surface area contributed by atoms with E-state index in [1.165, 1.54) is 6.07 Å². The van der Waals surface area contributed by atoms with Crippen molar-refractivity contribution in [3.8, 4) is 6.07 Å². The number of ether oxygens (including phenoxy) is 1. The van der Waals surface area contributed by atoms with Crippen molar-refractivity contribution >= 4 is 5.97 Å². The van der Waals surface area contributed by atoms with Crippen molar-refractivity contribution in [3.05, 3.63) is 33.2 Å². The number of H-pyrrole nitrogens is 1. The minimum absolute atomic E-state index is 0.0223. The minimum atomic E-state index is -0.634. The number of carbonyl (C=O) groups is 1. The van der Waals surface area contributed by atoms with Crippen LogP contribution in [0.3, 0.4) is 0 Å². The third-order valence-electron chi connectivity index (χ3n) is 2.38. The zero-order valence-corrected chi connectivity index (χ0v) is 10.0. The predicted octanol–water partition coefficient (Wildman–Crippen LogP) is 1.51. The van der Waals surface area contributed by atoms with Crippen LogP contribution in [0.2, 0.25) is 0 Å². The molecule has 1 aromatic heterocycles. The number of hydrogen-bond donors (Lipinski definition) is 1. The molecule has 1 aromatic rings. The van der Waals surface area contributed by atoms with Gasteiger partial charge in [-0.05, 0) is 26.3 Å². The number of aryl methyl sites for hydroxylation is 1. The van der Waals surface area contributed by atoms with E-state index in [1.807, 2.05) is 6.92 Å². The normalized spacial score (nSPS) is 11.6. The highest BCUT2D eigenvalue weighted by Gasteiger charge is 2.18. The summed E-state index contributed by atoms with van der Waals surface area (Å²) < 4.78 is 5.10. The lowest BCUT2D eigenvalue weighted by atomic mass is 10.1. The zero-order chi connectivity index (χ0) is 13.0. The third-order valence-corrected chi connectivity index (χ3v) is 2.38. The van der Waals surface area contributed by atoms with Gasteiger partial charge in [0.15, 0.2) is 0 Å². The van der Waals surface area contributed by atoms with Crippen molar-refractivity contribution in [2.75, 3.05) is 0 Å². The molecule has 0 aromatic carbocycles. The first-order chi connectivity index (χ1) is 7.99. The molecule has 0 amide bonds. The lowest BCUT2D eigenvalue weighted by molar-refractivity contribution is 0.0333. The van der Waals surface area contributed by atoms with Crippen molar-refractivity contribution in [1.29, 1.82) is 5.26 Å². The van der Waals surface area contributed by atoms with Gasteiger partial charge in [-0.25, -0.2) is 4.79 Å². The van der Waals surface area contributed by atoms with Gasteiger partial charge >= 0.3 is 5.97 Å². The monoisotopic (exact) mass is 234 g/mol. The molecule has 0 aliphatic heterocycles. The van der Waals surface area contributed by atoms with E-state index in [4.69, 9.17) is 10.00 Å². The summed E-state index contributed by atoms with van der Waals surface area (Å²) in [4.78, 5) is 25.7. The number of aromatic amines is 1. The predicted molar refractivity (Wildman–Crippen MR) is 61.7 cm³/mol. The van der Waals surface area contributed by atoms with Crippen LogP contribution in [0.25, 0.3) is 0 Å². The topological polar surface area (TPSA) is 83.0 Å². The smallest absolute Gasteiger partial charge is 0.340 e. The molecule has 0 spiro atoms. The Morgan fingerprint density at radius 1 is 1.65 bits per heavy atom. The molecule has 1 N–H and O–H groups in total. The van der Waals surface area contributed by atoms with Gasteiger partial charge < -0.3 is 9.72 Å². The highest BCUT2D eigenvalue weighted by atomic mass is 16.5. The van der Waals surface area contributed by atoms with Gasteiger partial charge in [-0.2, -0.15) is 5.26 Å². The van der Waals surface area contributed by atoms with E-state index in [1.54, 1.807) is 19.9 Å². The van der Waals surface area contributed by atoms with Crippen LogP contribution in [0.15, 0.2) is 10.9 Å². The van der Waals surface area contributed by atoms with Gasteiger partial charge in [-0.3, -0.25) is 4.79 Å². The molecule has 90 valence electrons. The molecule has 1 heterocycles. The van der Waals surface area contributed by atoms with Gasteiger partial charge in [0.2, 0.25) is 0 Å². The van der Waals surface area contributed by atoms with Gasteiger partial charge in [0.1, 0.15) is 11.6 Å². The Bertz CT molecular complexity index is 526. The van der Waals surface area contributed by atoms with E-state index in [-0.39, 0.29) is 17.2 Å². The molecule has 0 saturated heterocycles. The molecule has 17 heavy (non-hydrogen) atoms. The fourth-order valence-corrected chi connectivity index (χ4v) is 1.29. The van der Waals surface area contributed by atoms with E-state index >= 15 is 0 Å². The highest BCUT2D eigenvalue weighted by molar-refractivity contribution is 5.92. The van der Waals surface area contributed by atoms with Gasteiger partial charge in [-0.1, -0.05) is 6.92 Å². The number of hydrogen-bond acceptors (Lipinski definition) is 4. The van der Waals surface area contributed by atoms with E-state index in [2.05, 4.69) is 4.98 Å². The van der Waals surface area contributed by atoms with Crippen LogP contribution < -0.4 is 5.56 Å². The van der Waals surface area contributed by atoms with Crippen molar-refractivity contribution in [2.45, 2.75) is 33.3 Å². The number of carbonyl (C=O) groups excluding carboxylic acids is 1. The molecular weight excluding hydrogens is 220 g/mol. The summed E-state index contributed by atoms with van der Waals surface area (Å²) in [6.45, 7) is 5.28. The average molecular weight is 234 g/mol. The maximum Gasteiger partial charge on any atom is 0.340 e. The van der Waals surface area contributed by atoms with Crippen molar-refractivity contribution < 1.29 is 9.53 Å². The Hall–Kier alpha value is -2.09. The van der Waals surface area contributed by atoms with Gasteiger partial charge in [-0.15, -0.1) is 0 Å². The molecular formula is C12H14N2O3. The van der Waals surface area contributed by atoms with Crippen molar-refractivity contribution in [2.24, 2.45) is 0 Å². The number of nitrogens with zero attached hydrogens (tertiary/aromatic N) is 1. The fourth-order valence-electron chi connectivity index (χ4n) is 1.29. The molecule has 0 saturated carbocycles. The second-order valence-electron chi connectivity index (χ2n) is 3.81. The summed E-state index contributed by atoms with van der Waals surface area (Å²) >= 11 is 0. The summed E-state index contributed by atoms with van der Waals surface area (Å²) in [6, 6.07) is 3.17. The second-order valence-corrected chi connectivity index (χ2v) is 3.81. The molecule has 0 radical (unpaired) electrons. The SMILES string of the molecule is CCC(C)OC(=O)c1cc(C)[nH]c(=O)c1C#N. The zero-order valence-electron chi connectivity index (χ0n) is 10.0. The van der Waals surface area contributed by atoms with E-state index in [0.717, 1.165) is 0 Å². The van der Waals surface area contributed by atoms with Crippen LogP contribution in [-0.4, -0.2) is 17.1 Å². The van der Waals surface area contributed by atoms with E-state index in [0.29, 0.717) is 12.1 Å². The van der Waals surface area contributed by atoms with Crippen LogP contribution in [0.5, 0.6) is 0 Å². The van der Waals surface area contributed by atoms with Crippen molar-refractivity contribution in [3.63, 3.8) is 0 Å². The summed E-state index contributed by atoms with van der Waals surface area (Å²) in [5.74, 6) is -0.634. The second kappa shape index (κ2) is 5.30. The molecule has 0 bridgehead atoms. The first kappa shape index (κ1) is 13.0. The van der Waals surface area contributed by atoms with Crippen LogP contribution in [0, 0.1) is 18.3 Å². The van der Waals surface area contributed by atoms with Gasteiger partial charge in [0.05, 0.1) is 11.7 Å². The molecule has 1 atom stereocenters. The Morgan fingerprint density at radius 2 is 2.29 bits per heavy atom. The van der Waals surface area contributed by atoms with E-state index in [9.17, 15) is 9.59 Å². The first-order valence-electron chi connectivity index (χ1n) is 5.34. The Balaban J connectivity index is 3.18. The number of rotatable bonds is 3. The summed E-state index contributed by atoms with van der Waals surface area (Å²) in [7, 11) is 0. The highest BCUT2D eigenvalue weighted by Crippen LogP contribution is 2.09. The number of nitriles is 1. The average Bonchev–Trinajstić information content (AvgIpc) is 2.27. The molecule has 0 aliphatic carbocycles. The standard InChI is InChI=1S/C12H14N2O3/c1-4-8(3)17-12(16)9-5-7(2)14-11(15)10(9)6-13/h5,8H,4H2,1-3H3,(H,14,15). The maximum absolute atomic E-state index is 11.8. The number of pyridine rings is 1. The number of nitrogens with one attached hydrogen (secondary N) is 1. The Kier molecular flexibility index (Phi) is 4.05. The summed E-state index contributed by atoms with van der Waals surface area (Å²) in [6.07, 6.45) is 0.434. The first-order valence-corrected chi connectivity index (χ1v) is 5.34. The molecule has 0 aliphatic rings. The number of aromatic nitrogens is 1. The van der Waals surface area contributed by atoms with Crippen LogP contribution in [0.4, 0.5) is 0 Å². The van der Waals surface area contributed by atoms with Crippen LogP contribution >= 0.6 is 0 Å². The lowest BCUT2D eigenvalue weighted by Crippen LogP contribution is -2.21. The Morgan fingerprint density at radius 3 is 2.82 bits per heavy atom. The quantitative estimate of drug-likeness (QED) is 0.803. The molecule has 5 nitrogen and oxygen atoms in total. The third kappa shape index (κ3) is 2.94. The van der Waals surface area contributed by atoms with Crippen LogP contribution in [-0.2, 0) is 4.74 Å². The maximum atomic E-state index is 11.8. The van der Waals surface area contributed by atoms with Gasteiger partial charge in [0, 0.05) is 5.69 Å². The minimum Gasteiger partial charge on any atom is -0.459 e. The van der Waals surface area contributed by atoms with Gasteiger partial charge in [0.25, 0.3) is 5.56 Å².